The fraction of sp³-hybridized carbons (Fsp3) is 0.333. The molecule has 1 aliphatic rings. The third-order valence-corrected chi connectivity index (χ3v) is 3.40. The maximum absolute atomic E-state index is 12.0. The first kappa shape index (κ1) is 13.9. The molecule has 1 saturated heterocycles. The molecule has 1 fully saturated rings. The monoisotopic (exact) mass is 273 g/mol. The number of amides is 1. The highest BCUT2D eigenvalue weighted by Gasteiger charge is 2.49. The smallest absolute Gasteiger partial charge is 0.411 e. The molecular formula is C15H15NO4. The molecule has 1 atom stereocenters. The largest absolute Gasteiger partial charge is 0.479 e. The van der Waals surface area contributed by atoms with Crippen LogP contribution in [0.1, 0.15) is 18.4 Å². The van der Waals surface area contributed by atoms with Gasteiger partial charge in [0.05, 0.1) is 0 Å². The number of rotatable bonds is 3. The molecule has 0 aliphatic carbocycles. The molecule has 1 aromatic rings. The van der Waals surface area contributed by atoms with Crippen LogP contribution in [-0.4, -0.2) is 34.2 Å². The standard InChI is InChI=1S/C15H15NO4/c1-2-15(13(17)18)9-6-10-16(15)14(19)20-11-12-7-4-3-5-8-12/h1,3-5,7-8H,6,9-11H2,(H,17,18)/t15-/m1/s1. The van der Waals surface area contributed by atoms with Gasteiger partial charge in [0.15, 0.2) is 0 Å². The van der Waals surface area contributed by atoms with Crippen LogP contribution >= 0.6 is 0 Å². The first-order valence-corrected chi connectivity index (χ1v) is 6.29. The van der Waals surface area contributed by atoms with E-state index >= 15 is 0 Å². The molecule has 0 bridgehead atoms. The van der Waals surface area contributed by atoms with Crippen LogP contribution in [0.2, 0.25) is 0 Å². The molecule has 104 valence electrons. The Labute approximate surface area is 117 Å². The first-order chi connectivity index (χ1) is 9.60. The zero-order valence-electron chi connectivity index (χ0n) is 10.9. The van der Waals surface area contributed by atoms with Crippen molar-refractivity contribution in [2.75, 3.05) is 6.54 Å². The fourth-order valence-electron chi connectivity index (χ4n) is 2.30. The summed E-state index contributed by atoms with van der Waals surface area (Å²) in [4.78, 5) is 24.5. The molecule has 20 heavy (non-hydrogen) atoms. The maximum Gasteiger partial charge on any atom is 0.411 e. The molecule has 1 amide bonds. The number of hydrogen-bond acceptors (Lipinski definition) is 3. The van der Waals surface area contributed by atoms with Gasteiger partial charge in [-0.05, 0) is 18.4 Å². The third kappa shape index (κ3) is 2.45. The zero-order valence-corrected chi connectivity index (χ0v) is 10.9. The van der Waals surface area contributed by atoms with Crippen LogP contribution in [0, 0.1) is 12.3 Å². The van der Waals surface area contributed by atoms with Crippen molar-refractivity contribution in [2.45, 2.75) is 25.0 Å². The highest BCUT2D eigenvalue weighted by atomic mass is 16.6. The van der Waals surface area contributed by atoms with E-state index in [2.05, 4.69) is 5.92 Å². The highest BCUT2D eigenvalue weighted by Crippen LogP contribution is 2.30. The minimum atomic E-state index is -1.58. The molecule has 0 aromatic heterocycles. The summed E-state index contributed by atoms with van der Waals surface area (Å²) in [5.41, 5.74) is -0.741. The number of likely N-dealkylation sites (tertiary alicyclic amines) is 1. The summed E-state index contributed by atoms with van der Waals surface area (Å²) in [6.45, 7) is 0.389. The van der Waals surface area contributed by atoms with Crippen molar-refractivity contribution < 1.29 is 19.4 Å². The van der Waals surface area contributed by atoms with E-state index in [9.17, 15) is 14.7 Å². The Balaban J connectivity index is 2.05. The summed E-state index contributed by atoms with van der Waals surface area (Å²) >= 11 is 0. The lowest BCUT2D eigenvalue weighted by molar-refractivity contribution is -0.145. The Morgan fingerprint density at radius 1 is 1.40 bits per heavy atom. The summed E-state index contributed by atoms with van der Waals surface area (Å²) < 4.78 is 5.15. The minimum Gasteiger partial charge on any atom is -0.479 e. The summed E-state index contributed by atoms with van der Waals surface area (Å²) in [5.74, 6) is 1.05. The van der Waals surface area contributed by atoms with Crippen molar-refractivity contribution >= 4 is 12.1 Å². The lowest BCUT2D eigenvalue weighted by atomic mass is 9.98. The number of hydrogen-bond donors (Lipinski definition) is 1. The van der Waals surface area contributed by atoms with Gasteiger partial charge in [0.1, 0.15) is 6.61 Å². The van der Waals surface area contributed by atoms with E-state index < -0.39 is 17.6 Å². The van der Waals surface area contributed by atoms with Gasteiger partial charge in [-0.1, -0.05) is 36.3 Å². The Kier molecular flexibility index (Phi) is 3.94. The van der Waals surface area contributed by atoms with Crippen molar-refractivity contribution in [1.82, 2.24) is 4.90 Å². The van der Waals surface area contributed by atoms with Crippen LogP contribution in [0.3, 0.4) is 0 Å². The summed E-state index contributed by atoms with van der Waals surface area (Å²) in [5, 5.41) is 9.28. The van der Waals surface area contributed by atoms with Gasteiger partial charge < -0.3 is 9.84 Å². The van der Waals surface area contributed by atoms with E-state index in [1.54, 1.807) is 0 Å². The number of carboxylic acids is 1. The van der Waals surface area contributed by atoms with Crippen LogP contribution in [0.5, 0.6) is 0 Å². The van der Waals surface area contributed by atoms with E-state index in [-0.39, 0.29) is 13.0 Å². The van der Waals surface area contributed by atoms with Crippen molar-refractivity contribution in [3.05, 3.63) is 35.9 Å². The fourth-order valence-corrected chi connectivity index (χ4v) is 2.30. The number of aliphatic carboxylic acids is 1. The minimum absolute atomic E-state index is 0.0937. The number of carbonyl (C=O) groups is 2. The Hall–Kier alpha value is -2.48. The number of carboxylic acid groups (broad SMARTS) is 1. The van der Waals surface area contributed by atoms with E-state index in [0.717, 1.165) is 10.5 Å². The second-order valence-corrected chi connectivity index (χ2v) is 4.61. The van der Waals surface area contributed by atoms with E-state index in [1.807, 2.05) is 30.3 Å². The quantitative estimate of drug-likeness (QED) is 0.854. The summed E-state index contributed by atoms with van der Waals surface area (Å²) in [6.07, 6.45) is 5.44. The van der Waals surface area contributed by atoms with Gasteiger partial charge in [-0.3, -0.25) is 4.90 Å². The summed E-state index contributed by atoms with van der Waals surface area (Å²) in [7, 11) is 0. The van der Waals surface area contributed by atoms with Gasteiger partial charge in [-0.15, -0.1) is 6.42 Å². The molecule has 0 spiro atoms. The zero-order chi connectivity index (χ0) is 14.6. The van der Waals surface area contributed by atoms with Crippen molar-refractivity contribution in [2.24, 2.45) is 0 Å². The third-order valence-electron chi connectivity index (χ3n) is 3.40. The van der Waals surface area contributed by atoms with E-state index in [1.165, 1.54) is 0 Å². The normalized spacial score (nSPS) is 21.2. The molecule has 1 aromatic carbocycles. The van der Waals surface area contributed by atoms with Crippen molar-refractivity contribution in [3.63, 3.8) is 0 Å². The van der Waals surface area contributed by atoms with Crippen LogP contribution in [0.15, 0.2) is 30.3 Å². The molecule has 0 saturated carbocycles. The molecule has 5 nitrogen and oxygen atoms in total. The van der Waals surface area contributed by atoms with Gasteiger partial charge in [0.2, 0.25) is 5.54 Å². The van der Waals surface area contributed by atoms with Crippen LogP contribution < -0.4 is 0 Å². The Morgan fingerprint density at radius 2 is 2.10 bits per heavy atom. The first-order valence-electron chi connectivity index (χ1n) is 6.29. The van der Waals surface area contributed by atoms with Gasteiger partial charge in [0.25, 0.3) is 0 Å². The van der Waals surface area contributed by atoms with Gasteiger partial charge in [-0.2, -0.15) is 0 Å². The molecule has 5 heteroatoms. The Morgan fingerprint density at radius 3 is 2.70 bits per heavy atom. The summed E-state index contributed by atoms with van der Waals surface area (Å²) in [6, 6.07) is 9.18. The highest BCUT2D eigenvalue weighted by molar-refractivity contribution is 5.88. The van der Waals surface area contributed by atoms with E-state index in [4.69, 9.17) is 11.2 Å². The maximum atomic E-state index is 12.0. The van der Waals surface area contributed by atoms with Gasteiger partial charge in [-0.25, -0.2) is 9.59 Å². The van der Waals surface area contributed by atoms with Gasteiger partial charge in [0, 0.05) is 6.54 Å². The number of nitrogens with zero attached hydrogens (tertiary/aromatic N) is 1. The lowest BCUT2D eigenvalue weighted by Gasteiger charge is -2.29. The molecule has 1 N–H and O–H groups in total. The van der Waals surface area contributed by atoms with E-state index in [0.29, 0.717) is 13.0 Å². The second kappa shape index (κ2) is 5.66. The second-order valence-electron chi connectivity index (χ2n) is 4.61. The number of ether oxygens (including phenoxy) is 1. The molecule has 1 aliphatic heterocycles. The van der Waals surface area contributed by atoms with Crippen molar-refractivity contribution in [3.8, 4) is 12.3 Å². The molecule has 0 radical (unpaired) electrons. The molecule has 0 unspecified atom stereocenters. The predicted molar refractivity (Wildman–Crippen MR) is 71.8 cm³/mol. The average molecular weight is 273 g/mol. The SMILES string of the molecule is C#C[C@]1(C(=O)O)CCCN1C(=O)OCc1ccccc1. The molecule has 2 rings (SSSR count). The Bertz CT molecular complexity index is 549. The number of benzene rings is 1. The predicted octanol–water partition coefficient (Wildman–Crippen LogP) is 1.88. The topological polar surface area (TPSA) is 66.8 Å². The number of carbonyl (C=O) groups excluding carboxylic acids is 1. The van der Waals surface area contributed by atoms with Crippen molar-refractivity contribution in [1.29, 1.82) is 0 Å². The lowest BCUT2D eigenvalue weighted by Crippen LogP contribution is -2.52. The van der Waals surface area contributed by atoms with Gasteiger partial charge >= 0.3 is 12.1 Å². The average Bonchev–Trinajstić information content (AvgIpc) is 2.91. The van der Waals surface area contributed by atoms with Crippen LogP contribution in [-0.2, 0) is 16.1 Å². The van der Waals surface area contributed by atoms with Crippen LogP contribution in [0.4, 0.5) is 4.79 Å². The molecular weight excluding hydrogens is 258 g/mol. The van der Waals surface area contributed by atoms with Crippen LogP contribution in [0.25, 0.3) is 0 Å². The molecule has 1 heterocycles. The number of terminal acetylenes is 1.